The lowest BCUT2D eigenvalue weighted by Gasteiger charge is -2.00. The van der Waals surface area contributed by atoms with Crippen LogP contribution in [0.2, 0.25) is 0 Å². The van der Waals surface area contributed by atoms with E-state index in [0.717, 1.165) is 22.8 Å². The van der Waals surface area contributed by atoms with Gasteiger partial charge in [-0.15, -0.1) is 0 Å². The second-order valence-electron chi connectivity index (χ2n) is 3.46. The lowest BCUT2D eigenvalue weighted by Crippen LogP contribution is -2.05. The van der Waals surface area contributed by atoms with E-state index in [-0.39, 0.29) is 5.97 Å². The fourth-order valence-corrected chi connectivity index (χ4v) is 2.72. The quantitative estimate of drug-likeness (QED) is 0.771. The van der Waals surface area contributed by atoms with E-state index in [4.69, 9.17) is 4.74 Å². The summed E-state index contributed by atoms with van der Waals surface area (Å²) in [6, 6.07) is 0. The molecule has 0 aliphatic heterocycles. The van der Waals surface area contributed by atoms with E-state index in [1.807, 2.05) is 24.4 Å². The van der Waals surface area contributed by atoms with Crippen molar-refractivity contribution >= 4 is 22.3 Å². The van der Waals surface area contributed by atoms with Crippen molar-refractivity contribution in [3.63, 3.8) is 0 Å². The summed E-state index contributed by atoms with van der Waals surface area (Å²) in [5.41, 5.74) is 2.05. The van der Waals surface area contributed by atoms with Gasteiger partial charge in [-0.3, -0.25) is 4.40 Å². The molecule has 0 saturated carbocycles. The van der Waals surface area contributed by atoms with Crippen LogP contribution in [-0.4, -0.2) is 22.0 Å². The van der Waals surface area contributed by atoms with Gasteiger partial charge in [0.15, 0.2) is 4.96 Å². The normalized spacial score (nSPS) is 10.9. The van der Waals surface area contributed by atoms with Crippen molar-refractivity contribution in [2.45, 2.75) is 27.2 Å². The number of hydrogen-bond acceptors (Lipinski definition) is 4. The summed E-state index contributed by atoms with van der Waals surface area (Å²) < 4.78 is 7.04. The Bertz CT molecular complexity index is 527. The Labute approximate surface area is 97.9 Å². The zero-order chi connectivity index (χ0) is 11.7. The maximum Gasteiger partial charge on any atom is 0.350 e. The highest BCUT2D eigenvalue weighted by atomic mass is 32.1. The van der Waals surface area contributed by atoms with Gasteiger partial charge in [0.25, 0.3) is 0 Å². The summed E-state index contributed by atoms with van der Waals surface area (Å²) in [4.78, 5) is 17.5. The summed E-state index contributed by atoms with van der Waals surface area (Å²) >= 11 is 1.39. The first-order valence-corrected chi connectivity index (χ1v) is 6.13. The zero-order valence-electron chi connectivity index (χ0n) is 9.61. The minimum atomic E-state index is -0.252. The third-order valence-electron chi connectivity index (χ3n) is 2.48. The number of fused-ring (bicyclic) bond motifs is 1. The van der Waals surface area contributed by atoms with Crippen molar-refractivity contribution in [2.75, 3.05) is 6.61 Å². The Morgan fingerprint density at radius 2 is 2.31 bits per heavy atom. The molecule has 0 aliphatic carbocycles. The van der Waals surface area contributed by atoms with Crippen LogP contribution in [0.4, 0.5) is 0 Å². The lowest BCUT2D eigenvalue weighted by molar-refractivity contribution is 0.0531. The third kappa shape index (κ3) is 1.61. The Morgan fingerprint density at radius 3 is 2.94 bits per heavy atom. The number of nitrogens with zero attached hydrogens (tertiary/aromatic N) is 2. The topological polar surface area (TPSA) is 43.6 Å². The van der Waals surface area contributed by atoms with Crippen LogP contribution < -0.4 is 0 Å². The van der Waals surface area contributed by atoms with E-state index in [0.29, 0.717) is 11.5 Å². The smallest absolute Gasteiger partial charge is 0.350 e. The van der Waals surface area contributed by atoms with Crippen molar-refractivity contribution in [1.82, 2.24) is 9.38 Å². The van der Waals surface area contributed by atoms with Crippen molar-refractivity contribution in [2.24, 2.45) is 0 Å². The SMILES string of the molecule is CCOC(=O)c1sc2ncc(CC)n2c1C. The Balaban J connectivity index is 2.52. The van der Waals surface area contributed by atoms with E-state index in [9.17, 15) is 4.79 Å². The predicted octanol–water partition coefficient (Wildman–Crippen LogP) is 2.44. The highest BCUT2D eigenvalue weighted by Gasteiger charge is 2.18. The number of aryl methyl sites for hydroxylation is 2. The van der Waals surface area contributed by atoms with Crippen molar-refractivity contribution in [1.29, 1.82) is 0 Å². The maximum atomic E-state index is 11.7. The minimum absolute atomic E-state index is 0.252. The first-order chi connectivity index (χ1) is 7.69. The van der Waals surface area contributed by atoms with Gasteiger partial charge in [-0.05, 0) is 20.3 Å². The molecule has 0 radical (unpaired) electrons. The molecule has 2 aromatic rings. The van der Waals surface area contributed by atoms with Gasteiger partial charge in [-0.2, -0.15) is 0 Å². The Kier molecular flexibility index (Phi) is 2.96. The molecule has 0 saturated heterocycles. The van der Waals surface area contributed by atoms with Gasteiger partial charge in [0, 0.05) is 11.4 Å². The first kappa shape index (κ1) is 11.1. The molecule has 4 nitrogen and oxygen atoms in total. The number of ether oxygens (including phenoxy) is 1. The predicted molar refractivity (Wildman–Crippen MR) is 63.1 cm³/mol. The van der Waals surface area contributed by atoms with Crippen molar-refractivity contribution in [3.8, 4) is 0 Å². The minimum Gasteiger partial charge on any atom is -0.462 e. The van der Waals surface area contributed by atoms with Crippen LogP contribution in [-0.2, 0) is 11.2 Å². The number of carbonyl (C=O) groups is 1. The second-order valence-corrected chi connectivity index (χ2v) is 4.44. The summed E-state index contributed by atoms with van der Waals surface area (Å²) in [6.07, 6.45) is 2.76. The fraction of sp³-hybridized carbons (Fsp3) is 0.455. The van der Waals surface area contributed by atoms with Crippen molar-refractivity contribution in [3.05, 3.63) is 22.5 Å². The molecule has 0 unspecified atom stereocenters. The van der Waals surface area contributed by atoms with Crippen LogP contribution in [0.25, 0.3) is 4.96 Å². The summed E-state index contributed by atoms with van der Waals surface area (Å²) in [6.45, 7) is 6.21. The molecule has 0 aromatic carbocycles. The number of carbonyl (C=O) groups excluding carboxylic acids is 1. The average molecular weight is 238 g/mol. The Hall–Kier alpha value is -1.36. The van der Waals surface area contributed by atoms with Gasteiger partial charge >= 0.3 is 5.97 Å². The molecule has 0 spiro atoms. The summed E-state index contributed by atoms with van der Waals surface area (Å²) in [7, 11) is 0. The summed E-state index contributed by atoms with van der Waals surface area (Å²) in [5, 5.41) is 0. The van der Waals surface area contributed by atoms with E-state index in [1.165, 1.54) is 11.3 Å². The van der Waals surface area contributed by atoms with Crippen LogP contribution in [0, 0.1) is 6.92 Å². The summed E-state index contributed by atoms with van der Waals surface area (Å²) in [5.74, 6) is -0.252. The molecule has 2 rings (SSSR count). The van der Waals surface area contributed by atoms with Crippen LogP contribution >= 0.6 is 11.3 Å². The van der Waals surface area contributed by atoms with E-state index in [1.54, 1.807) is 0 Å². The number of imidazole rings is 1. The van der Waals surface area contributed by atoms with Crippen LogP contribution in [0.1, 0.15) is 34.9 Å². The molecule has 2 heterocycles. The number of thiazole rings is 1. The molecule has 0 fully saturated rings. The molecule has 0 atom stereocenters. The maximum absolute atomic E-state index is 11.7. The molecular weight excluding hydrogens is 224 g/mol. The van der Waals surface area contributed by atoms with E-state index >= 15 is 0 Å². The number of hydrogen-bond donors (Lipinski definition) is 0. The van der Waals surface area contributed by atoms with Gasteiger partial charge in [0.05, 0.1) is 12.8 Å². The van der Waals surface area contributed by atoms with E-state index < -0.39 is 0 Å². The molecule has 16 heavy (non-hydrogen) atoms. The van der Waals surface area contributed by atoms with E-state index in [2.05, 4.69) is 11.9 Å². The third-order valence-corrected chi connectivity index (χ3v) is 3.62. The van der Waals surface area contributed by atoms with Crippen LogP contribution in [0.5, 0.6) is 0 Å². The van der Waals surface area contributed by atoms with Gasteiger partial charge in [0.1, 0.15) is 4.88 Å². The molecule has 0 aliphatic rings. The monoisotopic (exact) mass is 238 g/mol. The highest BCUT2D eigenvalue weighted by Crippen LogP contribution is 2.24. The molecule has 2 aromatic heterocycles. The fourth-order valence-electron chi connectivity index (χ4n) is 1.70. The largest absolute Gasteiger partial charge is 0.462 e. The van der Waals surface area contributed by atoms with Crippen LogP contribution in [0.3, 0.4) is 0 Å². The van der Waals surface area contributed by atoms with Crippen molar-refractivity contribution < 1.29 is 9.53 Å². The second kappa shape index (κ2) is 4.25. The average Bonchev–Trinajstić information content (AvgIpc) is 2.79. The number of aromatic nitrogens is 2. The molecule has 0 bridgehead atoms. The lowest BCUT2D eigenvalue weighted by atomic mass is 10.3. The zero-order valence-corrected chi connectivity index (χ0v) is 10.4. The highest BCUT2D eigenvalue weighted by molar-refractivity contribution is 7.19. The standard InChI is InChI=1S/C11H14N2O2S/c1-4-8-6-12-11-13(8)7(3)9(16-11)10(14)15-5-2/h6H,4-5H2,1-3H3. The molecular formula is C11H14N2O2S. The molecule has 5 heteroatoms. The number of esters is 1. The van der Waals surface area contributed by atoms with Gasteiger partial charge < -0.3 is 4.74 Å². The Morgan fingerprint density at radius 1 is 1.56 bits per heavy atom. The van der Waals surface area contributed by atoms with Gasteiger partial charge in [0.2, 0.25) is 0 Å². The number of rotatable bonds is 3. The van der Waals surface area contributed by atoms with Crippen LogP contribution in [0.15, 0.2) is 6.20 Å². The van der Waals surface area contributed by atoms with Gasteiger partial charge in [-0.25, -0.2) is 9.78 Å². The molecule has 0 amide bonds. The molecule has 0 N–H and O–H groups in total. The molecule has 86 valence electrons. The van der Waals surface area contributed by atoms with Gasteiger partial charge in [-0.1, -0.05) is 18.3 Å². The first-order valence-electron chi connectivity index (χ1n) is 5.31.